The maximum absolute atomic E-state index is 11.2. The van der Waals surface area contributed by atoms with E-state index in [0.29, 0.717) is 26.1 Å². The first-order valence-electron chi connectivity index (χ1n) is 3.54. The quantitative estimate of drug-likeness (QED) is 0.493. The number of hydrogen-bond donors (Lipinski definition) is 0. The fourth-order valence-electron chi connectivity index (χ4n) is 1.08. The molecule has 0 radical (unpaired) electrons. The number of esters is 1. The summed E-state index contributed by atoms with van der Waals surface area (Å²) >= 11 is 3.37. The van der Waals surface area contributed by atoms with E-state index in [4.69, 9.17) is 4.74 Å². The van der Waals surface area contributed by atoms with Crippen molar-refractivity contribution in [2.45, 2.75) is 17.2 Å². The predicted octanol–water partition coefficient (Wildman–Crippen LogP) is 1.10. The Balaban J connectivity index is 2.56. The average Bonchev–Trinajstić information content (AvgIpc) is 2.04. The van der Waals surface area contributed by atoms with Gasteiger partial charge in [0.15, 0.2) is 0 Å². The lowest BCUT2D eigenvalue weighted by Crippen LogP contribution is -2.38. The second-order valence-corrected chi connectivity index (χ2v) is 4.09. The van der Waals surface area contributed by atoms with Crippen molar-refractivity contribution in [3.63, 3.8) is 0 Å². The molecule has 3 nitrogen and oxygen atoms in total. The van der Waals surface area contributed by atoms with Crippen molar-refractivity contribution >= 4 is 21.9 Å². The minimum absolute atomic E-state index is 0.194. The molecule has 1 saturated heterocycles. The van der Waals surface area contributed by atoms with Crippen molar-refractivity contribution in [1.82, 2.24) is 0 Å². The van der Waals surface area contributed by atoms with Crippen molar-refractivity contribution < 1.29 is 14.3 Å². The number of rotatable bonds is 1. The average molecular weight is 223 g/mol. The fourth-order valence-corrected chi connectivity index (χ4v) is 1.57. The van der Waals surface area contributed by atoms with Gasteiger partial charge in [0.25, 0.3) is 0 Å². The molecule has 11 heavy (non-hydrogen) atoms. The first kappa shape index (κ1) is 9.00. The number of ether oxygens (including phenoxy) is 2. The highest BCUT2D eigenvalue weighted by Gasteiger charge is 2.38. The van der Waals surface area contributed by atoms with Crippen molar-refractivity contribution in [2.24, 2.45) is 0 Å². The molecule has 0 aromatic carbocycles. The Labute approximate surface area is 74.2 Å². The number of halogens is 1. The second-order valence-electron chi connectivity index (χ2n) is 2.57. The molecular weight excluding hydrogens is 212 g/mol. The van der Waals surface area contributed by atoms with Gasteiger partial charge in [0, 0.05) is 13.2 Å². The Hall–Kier alpha value is -0.0900. The maximum atomic E-state index is 11.2. The van der Waals surface area contributed by atoms with E-state index in [9.17, 15) is 4.79 Å². The summed E-state index contributed by atoms with van der Waals surface area (Å²) in [5.41, 5.74) is 0. The molecule has 0 atom stereocenters. The molecule has 0 unspecified atom stereocenters. The highest BCUT2D eigenvalue weighted by Crippen LogP contribution is 2.31. The first-order valence-corrected chi connectivity index (χ1v) is 4.33. The number of alkyl halides is 1. The smallest absolute Gasteiger partial charge is 0.322 e. The molecule has 0 aromatic rings. The van der Waals surface area contributed by atoms with E-state index < -0.39 is 4.32 Å². The fraction of sp³-hybridized carbons (Fsp3) is 0.857. The van der Waals surface area contributed by atoms with Gasteiger partial charge in [0.05, 0.1) is 7.11 Å². The molecule has 1 fully saturated rings. The van der Waals surface area contributed by atoms with Crippen molar-refractivity contribution in [3.8, 4) is 0 Å². The Morgan fingerprint density at radius 2 is 2.09 bits per heavy atom. The molecule has 0 aliphatic carbocycles. The SMILES string of the molecule is COC(=O)C1(Br)CCOCC1. The van der Waals surface area contributed by atoms with Crippen LogP contribution in [0.15, 0.2) is 0 Å². The van der Waals surface area contributed by atoms with Crippen LogP contribution in [0.25, 0.3) is 0 Å². The Bertz CT molecular complexity index is 152. The summed E-state index contributed by atoms with van der Waals surface area (Å²) in [5.74, 6) is -0.194. The van der Waals surface area contributed by atoms with E-state index in [1.54, 1.807) is 0 Å². The van der Waals surface area contributed by atoms with E-state index in [1.165, 1.54) is 7.11 Å². The summed E-state index contributed by atoms with van der Waals surface area (Å²) < 4.78 is 9.29. The normalized spacial score (nSPS) is 22.7. The first-order chi connectivity index (χ1) is 5.19. The monoisotopic (exact) mass is 222 g/mol. The van der Waals surface area contributed by atoms with Gasteiger partial charge >= 0.3 is 5.97 Å². The standard InChI is InChI=1S/C7H11BrO3/c1-10-6(9)7(8)2-4-11-5-3-7/h2-5H2,1H3. The van der Waals surface area contributed by atoms with Gasteiger partial charge < -0.3 is 9.47 Å². The number of carbonyl (C=O) groups is 1. The number of methoxy groups -OCH3 is 1. The summed E-state index contributed by atoms with van der Waals surface area (Å²) in [6.07, 6.45) is 1.39. The molecule has 1 aliphatic heterocycles. The Kier molecular flexibility index (Phi) is 2.90. The molecular formula is C7H11BrO3. The van der Waals surface area contributed by atoms with Gasteiger partial charge in [-0.05, 0) is 12.8 Å². The maximum Gasteiger partial charge on any atom is 0.322 e. The molecule has 1 heterocycles. The molecule has 1 aliphatic rings. The largest absolute Gasteiger partial charge is 0.468 e. The lowest BCUT2D eigenvalue weighted by Gasteiger charge is -2.28. The zero-order valence-electron chi connectivity index (χ0n) is 6.43. The van der Waals surface area contributed by atoms with Crippen LogP contribution in [0, 0.1) is 0 Å². The minimum atomic E-state index is -0.486. The van der Waals surface area contributed by atoms with Gasteiger partial charge in [0.1, 0.15) is 4.32 Å². The van der Waals surface area contributed by atoms with E-state index in [2.05, 4.69) is 20.7 Å². The summed E-state index contributed by atoms with van der Waals surface area (Å²) in [6.45, 7) is 1.25. The van der Waals surface area contributed by atoms with E-state index in [0.717, 1.165) is 0 Å². The molecule has 0 spiro atoms. The van der Waals surface area contributed by atoms with Crippen LogP contribution in [0.4, 0.5) is 0 Å². The lowest BCUT2D eigenvalue weighted by atomic mass is 10.0. The molecule has 0 amide bonds. The number of hydrogen-bond acceptors (Lipinski definition) is 3. The number of carbonyl (C=O) groups excluding carboxylic acids is 1. The molecule has 0 N–H and O–H groups in total. The second kappa shape index (κ2) is 3.54. The third-order valence-electron chi connectivity index (χ3n) is 1.84. The van der Waals surface area contributed by atoms with Crippen LogP contribution < -0.4 is 0 Å². The summed E-state index contributed by atoms with van der Waals surface area (Å²) in [7, 11) is 1.40. The Morgan fingerprint density at radius 3 is 2.55 bits per heavy atom. The van der Waals surface area contributed by atoms with E-state index in [1.807, 2.05) is 0 Å². The molecule has 0 aromatic heterocycles. The summed E-state index contributed by atoms with van der Waals surface area (Å²) in [5, 5.41) is 0. The topological polar surface area (TPSA) is 35.5 Å². The summed E-state index contributed by atoms with van der Waals surface area (Å²) in [4.78, 5) is 11.2. The van der Waals surface area contributed by atoms with Crippen LogP contribution in [0.5, 0.6) is 0 Å². The van der Waals surface area contributed by atoms with Gasteiger partial charge in [-0.15, -0.1) is 0 Å². The molecule has 64 valence electrons. The zero-order chi connectivity index (χ0) is 8.32. The van der Waals surface area contributed by atoms with Gasteiger partial charge in [-0.1, -0.05) is 15.9 Å². The van der Waals surface area contributed by atoms with Crippen molar-refractivity contribution in [1.29, 1.82) is 0 Å². The lowest BCUT2D eigenvalue weighted by molar-refractivity contribution is -0.145. The van der Waals surface area contributed by atoms with Crippen LogP contribution >= 0.6 is 15.9 Å². The minimum Gasteiger partial charge on any atom is -0.468 e. The third kappa shape index (κ3) is 1.93. The molecule has 1 rings (SSSR count). The van der Waals surface area contributed by atoms with Gasteiger partial charge in [-0.3, -0.25) is 4.79 Å². The van der Waals surface area contributed by atoms with Gasteiger partial charge in [0.2, 0.25) is 0 Å². The zero-order valence-corrected chi connectivity index (χ0v) is 8.02. The summed E-state index contributed by atoms with van der Waals surface area (Å²) in [6, 6.07) is 0. The third-order valence-corrected chi connectivity index (χ3v) is 2.95. The Morgan fingerprint density at radius 1 is 1.55 bits per heavy atom. The van der Waals surface area contributed by atoms with Crippen LogP contribution in [0.1, 0.15) is 12.8 Å². The van der Waals surface area contributed by atoms with Crippen LogP contribution in [0.3, 0.4) is 0 Å². The van der Waals surface area contributed by atoms with E-state index in [-0.39, 0.29) is 5.97 Å². The van der Waals surface area contributed by atoms with Gasteiger partial charge in [-0.2, -0.15) is 0 Å². The highest BCUT2D eigenvalue weighted by molar-refractivity contribution is 9.10. The molecule has 0 bridgehead atoms. The van der Waals surface area contributed by atoms with Crippen LogP contribution in [-0.2, 0) is 14.3 Å². The van der Waals surface area contributed by atoms with Gasteiger partial charge in [-0.25, -0.2) is 0 Å². The predicted molar refractivity (Wildman–Crippen MR) is 43.7 cm³/mol. The highest BCUT2D eigenvalue weighted by atomic mass is 79.9. The molecule has 4 heteroatoms. The van der Waals surface area contributed by atoms with Crippen molar-refractivity contribution in [3.05, 3.63) is 0 Å². The van der Waals surface area contributed by atoms with E-state index >= 15 is 0 Å². The van der Waals surface area contributed by atoms with Crippen molar-refractivity contribution in [2.75, 3.05) is 20.3 Å². The van der Waals surface area contributed by atoms with Crippen LogP contribution in [-0.4, -0.2) is 30.6 Å². The van der Waals surface area contributed by atoms with Crippen LogP contribution in [0.2, 0.25) is 0 Å². The molecule has 0 saturated carbocycles.